The molecule has 0 atom stereocenters. The molecule has 0 aromatic carbocycles. The molecule has 0 saturated carbocycles. The second-order valence-corrected chi connectivity index (χ2v) is 4.48. The van der Waals surface area contributed by atoms with E-state index in [2.05, 4.69) is 29.4 Å². The molecule has 0 amide bonds. The number of anilines is 1. The molecular weight excluding hydrogens is 258 g/mol. The van der Waals surface area contributed by atoms with Gasteiger partial charge in [0.05, 0.1) is 11.1 Å². The van der Waals surface area contributed by atoms with E-state index in [1.807, 2.05) is 23.0 Å². The first-order valence-electron chi connectivity index (χ1n) is 6.14. The Kier molecular flexibility index (Phi) is 4.09. The lowest BCUT2D eigenvalue weighted by Crippen LogP contribution is -1.99. The van der Waals surface area contributed by atoms with Crippen molar-refractivity contribution in [3.63, 3.8) is 0 Å². The molecule has 0 radical (unpaired) electrons. The molecule has 104 valence electrons. The highest BCUT2D eigenvalue weighted by atomic mass is 16.6. The van der Waals surface area contributed by atoms with E-state index in [1.165, 1.54) is 18.3 Å². The Hall–Kier alpha value is -2.70. The van der Waals surface area contributed by atoms with Crippen LogP contribution < -0.4 is 5.43 Å². The molecule has 0 aliphatic carbocycles. The fraction of sp³-hybridized carbons (Fsp3) is 0.231. The number of rotatable bonds is 5. The zero-order valence-corrected chi connectivity index (χ0v) is 11.2. The molecule has 0 unspecified atom stereocenters. The average molecular weight is 273 g/mol. The van der Waals surface area contributed by atoms with E-state index in [9.17, 15) is 10.1 Å². The van der Waals surface area contributed by atoms with E-state index < -0.39 is 4.92 Å². The maximum absolute atomic E-state index is 10.8. The highest BCUT2D eigenvalue weighted by Gasteiger charge is 2.12. The number of hydrogen-bond donors (Lipinski definition) is 1. The van der Waals surface area contributed by atoms with Crippen molar-refractivity contribution in [3.8, 4) is 0 Å². The summed E-state index contributed by atoms with van der Waals surface area (Å²) in [5, 5.41) is 14.8. The van der Waals surface area contributed by atoms with Gasteiger partial charge >= 0.3 is 5.69 Å². The van der Waals surface area contributed by atoms with Crippen molar-refractivity contribution in [2.45, 2.75) is 19.9 Å². The Bertz CT molecular complexity index is 633. The Morgan fingerprint density at radius 2 is 2.30 bits per heavy atom. The first-order chi connectivity index (χ1) is 9.58. The van der Waals surface area contributed by atoms with Crippen LogP contribution in [0, 0.1) is 10.1 Å². The first kappa shape index (κ1) is 13.7. The number of hydrazone groups is 1. The zero-order valence-electron chi connectivity index (χ0n) is 11.2. The van der Waals surface area contributed by atoms with Gasteiger partial charge in [-0.1, -0.05) is 0 Å². The molecule has 2 rings (SSSR count). The van der Waals surface area contributed by atoms with Crippen LogP contribution in [0.4, 0.5) is 11.5 Å². The van der Waals surface area contributed by atoms with Gasteiger partial charge in [-0.25, -0.2) is 4.98 Å². The first-order valence-corrected chi connectivity index (χ1v) is 6.14. The van der Waals surface area contributed by atoms with Crippen LogP contribution in [0.3, 0.4) is 0 Å². The molecule has 0 aliphatic heterocycles. The lowest BCUT2D eigenvalue weighted by Gasteiger charge is -2.04. The van der Waals surface area contributed by atoms with Crippen molar-refractivity contribution in [2.75, 3.05) is 5.43 Å². The second kappa shape index (κ2) is 5.96. The molecule has 7 heteroatoms. The molecule has 0 aliphatic rings. The standard InChI is InChI=1S/C13H15N5O2/c1-10(2)17-7-5-11(9-17)8-15-16-13-12(18(19)20)4-3-6-14-13/h3-10H,1-2H3,(H,14,16)/b15-8-. The Morgan fingerprint density at radius 3 is 2.95 bits per heavy atom. The lowest BCUT2D eigenvalue weighted by molar-refractivity contribution is -0.384. The zero-order chi connectivity index (χ0) is 14.5. The maximum Gasteiger partial charge on any atom is 0.313 e. The normalized spacial score (nSPS) is 11.2. The van der Waals surface area contributed by atoms with E-state index >= 15 is 0 Å². The Morgan fingerprint density at radius 1 is 1.50 bits per heavy atom. The molecule has 2 aromatic heterocycles. The number of aromatic nitrogens is 2. The highest BCUT2D eigenvalue weighted by molar-refractivity contribution is 5.80. The van der Waals surface area contributed by atoms with Gasteiger partial charge in [-0.15, -0.1) is 0 Å². The number of nitrogens with zero attached hydrogens (tertiary/aromatic N) is 4. The predicted molar refractivity (Wildman–Crippen MR) is 76.9 cm³/mol. The van der Waals surface area contributed by atoms with Gasteiger partial charge in [0.25, 0.3) is 0 Å². The molecule has 0 bridgehead atoms. The summed E-state index contributed by atoms with van der Waals surface area (Å²) in [6, 6.07) is 5.18. The van der Waals surface area contributed by atoms with Gasteiger partial charge in [-0.05, 0) is 26.0 Å². The average Bonchev–Trinajstić information content (AvgIpc) is 2.88. The third-order valence-electron chi connectivity index (χ3n) is 2.70. The minimum Gasteiger partial charge on any atom is -0.351 e. The molecule has 2 heterocycles. The van der Waals surface area contributed by atoms with Crippen molar-refractivity contribution in [3.05, 3.63) is 52.5 Å². The molecular formula is C13H15N5O2. The number of pyridine rings is 1. The molecule has 20 heavy (non-hydrogen) atoms. The van der Waals surface area contributed by atoms with E-state index in [0.717, 1.165) is 5.56 Å². The topological polar surface area (TPSA) is 85.3 Å². The second-order valence-electron chi connectivity index (χ2n) is 4.48. The van der Waals surface area contributed by atoms with Crippen molar-refractivity contribution in [1.29, 1.82) is 0 Å². The van der Waals surface area contributed by atoms with Gasteiger partial charge in [0, 0.05) is 36.3 Å². The smallest absolute Gasteiger partial charge is 0.313 e. The largest absolute Gasteiger partial charge is 0.351 e. The van der Waals surface area contributed by atoms with Crippen molar-refractivity contribution in [2.24, 2.45) is 5.10 Å². The van der Waals surface area contributed by atoms with Crippen LogP contribution in [-0.4, -0.2) is 20.7 Å². The maximum atomic E-state index is 10.8. The van der Waals surface area contributed by atoms with Gasteiger partial charge in [-0.2, -0.15) is 5.10 Å². The monoisotopic (exact) mass is 273 g/mol. The van der Waals surface area contributed by atoms with Gasteiger partial charge in [-0.3, -0.25) is 15.5 Å². The third-order valence-corrected chi connectivity index (χ3v) is 2.70. The van der Waals surface area contributed by atoms with Gasteiger partial charge in [0.2, 0.25) is 5.82 Å². The fourth-order valence-corrected chi connectivity index (χ4v) is 1.63. The summed E-state index contributed by atoms with van der Waals surface area (Å²) in [7, 11) is 0. The van der Waals surface area contributed by atoms with Crippen LogP contribution in [0.25, 0.3) is 0 Å². The molecule has 2 aromatic rings. The quantitative estimate of drug-likeness (QED) is 0.515. The van der Waals surface area contributed by atoms with Crippen LogP contribution in [0.15, 0.2) is 41.9 Å². The van der Waals surface area contributed by atoms with Gasteiger partial charge in [0.15, 0.2) is 0 Å². The third kappa shape index (κ3) is 3.19. The summed E-state index contributed by atoms with van der Waals surface area (Å²) in [5.41, 5.74) is 3.39. The van der Waals surface area contributed by atoms with Crippen LogP contribution in [0.5, 0.6) is 0 Å². The van der Waals surface area contributed by atoms with Crippen molar-refractivity contribution >= 4 is 17.7 Å². The predicted octanol–water partition coefficient (Wildman–Crippen LogP) is 2.82. The highest BCUT2D eigenvalue weighted by Crippen LogP contribution is 2.19. The SMILES string of the molecule is CC(C)n1ccc(/C=N\Nc2ncccc2[N+](=O)[O-])c1. The van der Waals surface area contributed by atoms with Gasteiger partial charge < -0.3 is 4.57 Å². The summed E-state index contributed by atoms with van der Waals surface area (Å²) < 4.78 is 2.05. The minimum atomic E-state index is -0.500. The van der Waals surface area contributed by atoms with Gasteiger partial charge in [0.1, 0.15) is 0 Å². The summed E-state index contributed by atoms with van der Waals surface area (Å²) in [6.45, 7) is 4.16. The van der Waals surface area contributed by atoms with E-state index in [-0.39, 0.29) is 11.5 Å². The Labute approximate surface area is 116 Å². The van der Waals surface area contributed by atoms with E-state index in [0.29, 0.717) is 6.04 Å². The van der Waals surface area contributed by atoms with E-state index in [4.69, 9.17) is 0 Å². The summed E-state index contributed by atoms with van der Waals surface area (Å²) >= 11 is 0. The van der Waals surface area contributed by atoms with Crippen molar-refractivity contribution < 1.29 is 4.92 Å². The molecule has 7 nitrogen and oxygen atoms in total. The minimum absolute atomic E-state index is 0.107. The number of nitro groups is 1. The molecule has 0 saturated heterocycles. The van der Waals surface area contributed by atoms with Crippen LogP contribution >= 0.6 is 0 Å². The summed E-state index contributed by atoms with van der Waals surface area (Å²) in [5.74, 6) is 0.122. The van der Waals surface area contributed by atoms with Crippen LogP contribution in [-0.2, 0) is 0 Å². The van der Waals surface area contributed by atoms with Crippen LogP contribution in [0.1, 0.15) is 25.5 Å². The fourth-order valence-electron chi connectivity index (χ4n) is 1.63. The summed E-state index contributed by atoms with van der Waals surface area (Å²) in [6.07, 6.45) is 6.97. The number of hydrogen-bond acceptors (Lipinski definition) is 5. The number of nitrogens with one attached hydrogen (secondary N) is 1. The Balaban J connectivity index is 2.08. The van der Waals surface area contributed by atoms with Crippen LogP contribution in [0.2, 0.25) is 0 Å². The van der Waals surface area contributed by atoms with Crippen molar-refractivity contribution in [1.82, 2.24) is 9.55 Å². The van der Waals surface area contributed by atoms with E-state index in [1.54, 1.807) is 6.21 Å². The molecule has 1 N–H and O–H groups in total. The summed E-state index contributed by atoms with van der Waals surface area (Å²) in [4.78, 5) is 14.2. The lowest BCUT2D eigenvalue weighted by atomic mass is 10.4. The molecule has 0 spiro atoms. The molecule has 0 fully saturated rings.